The monoisotopic (exact) mass is 446 g/mol. The molecular formula is C23H22N6O2S. The Labute approximate surface area is 186 Å². The standard InChI is InChI=1S/C23H22N6O2S/c1-3-6-21-20(22-27-23(32(25,30)31)28-29(22)15(2)26-21)13-16-9-11-17(12-10-16)19-8-5-4-7-18(19)14-24/h4-5,7-12H,3,6,13H2,1-2H3,(H2,25,30,31). The number of rotatable bonds is 6. The molecule has 2 N–H and O–H groups in total. The van der Waals surface area contributed by atoms with Crippen LogP contribution in [0.5, 0.6) is 0 Å². The molecule has 0 saturated carbocycles. The summed E-state index contributed by atoms with van der Waals surface area (Å²) in [6.07, 6.45) is 2.13. The van der Waals surface area contributed by atoms with Crippen LogP contribution in [-0.2, 0) is 22.9 Å². The molecule has 162 valence electrons. The molecule has 4 aromatic rings. The minimum Gasteiger partial charge on any atom is -0.238 e. The van der Waals surface area contributed by atoms with Crippen molar-refractivity contribution in [2.24, 2.45) is 5.14 Å². The van der Waals surface area contributed by atoms with E-state index in [-0.39, 0.29) is 0 Å². The van der Waals surface area contributed by atoms with Gasteiger partial charge in [-0.3, -0.25) is 0 Å². The van der Waals surface area contributed by atoms with E-state index in [1.165, 1.54) is 4.52 Å². The summed E-state index contributed by atoms with van der Waals surface area (Å²) in [6, 6.07) is 17.6. The van der Waals surface area contributed by atoms with Gasteiger partial charge in [0.25, 0.3) is 15.2 Å². The lowest BCUT2D eigenvalue weighted by Crippen LogP contribution is -2.14. The maximum Gasteiger partial charge on any atom is 0.282 e. The van der Waals surface area contributed by atoms with Crippen LogP contribution in [0.3, 0.4) is 0 Å². The Balaban J connectivity index is 1.78. The molecule has 0 aliphatic heterocycles. The van der Waals surface area contributed by atoms with E-state index in [1.807, 2.05) is 42.5 Å². The van der Waals surface area contributed by atoms with Crippen molar-refractivity contribution in [1.29, 1.82) is 5.26 Å². The molecule has 2 aromatic carbocycles. The number of benzene rings is 2. The lowest BCUT2D eigenvalue weighted by Gasteiger charge is -2.12. The van der Waals surface area contributed by atoms with E-state index >= 15 is 0 Å². The molecule has 0 aliphatic rings. The van der Waals surface area contributed by atoms with Crippen molar-refractivity contribution in [2.45, 2.75) is 38.3 Å². The number of aromatic nitrogens is 4. The van der Waals surface area contributed by atoms with Crippen LogP contribution in [0.2, 0.25) is 0 Å². The van der Waals surface area contributed by atoms with Gasteiger partial charge in [-0.25, -0.2) is 18.5 Å². The second kappa shape index (κ2) is 8.49. The lowest BCUT2D eigenvalue weighted by molar-refractivity contribution is 0.588. The molecule has 0 unspecified atom stereocenters. The van der Waals surface area contributed by atoms with Crippen molar-refractivity contribution in [3.8, 4) is 17.2 Å². The topological polar surface area (TPSA) is 127 Å². The summed E-state index contributed by atoms with van der Waals surface area (Å²) in [4.78, 5) is 8.89. The lowest BCUT2D eigenvalue weighted by atomic mass is 9.97. The number of sulfonamides is 1. The molecule has 0 atom stereocenters. The van der Waals surface area contributed by atoms with E-state index in [0.29, 0.717) is 23.5 Å². The van der Waals surface area contributed by atoms with Crippen LogP contribution in [-0.4, -0.2) is 28.0 Å². The van der Waals surface area contributed by atoms with Crippen LogP contribution in [0.4, 0.5) is 0 Å². The van der Waals surface area contributed by atoms with Crippen molar-refractivity contribution in [3.05, 3.63) is 76.7 Å². The van der Waals surface area contributed by atoms with Gasteiger partial charge in [-0.1, -0.05) is 55.8 Å². The van der Waals surface area contributed by atoms with E-state index in [2.05, 4.69) is 28.1 Å². The average molecular weight is 447 g/mol. The number of hydrogen-bond donors (Lipinski definition) is 1. The Kier molecular flexibility index (Phi) is 5.74. The predicted molar refractivity (Wildman–Crippen MR) is 120 cm³/mol. The van der Waals surface area contributed by atoms with Crippen molar-refractivity contribution < 1.29 is 8.42 Å². The highest BCUT2D eigenvalue weighted by atomic mass is 32.2. The zero-order valence-corrected chi connectivity index (χ0v) is 18.6. The molecule has 0 bridgehead atoms. The van der Waals surface area contributed by atoms with Crippen molar-refractivity contribution in [2.75, 3.05) is 0 Å². The molecule has 8 nitrogen and oxygen atoms in total. The molecule has 0 amide bonds. The molecule has 32 heavy (non-hydrogen) atoms. The Hall–Kier alpha value is -3.61. The molecule has 0 aliphatic carbocycles. The first-order valence-electron chi connectivity index (χ1n) is 10.2. The van der Waals surface area contributed by atoms with Crippen LogP contribution in [0.25, 0.3) is 16.8 Å². The van der Waals surface area contributed by atoms with Gasteiger partial charge in [-0.15, -0.1) is 5.10 Å². The van der Waals surface area contributed by atoms with Crippen molar-refractivity contribution in [3.63, 3.8) is 0 Å². The van der Waals surface area contributed by atoms with Gasteiger partial charge in [0.1, 0.15) is 5.82 Å². The second-order valence-electron chi connectivity index (χ2n) is 7.54. The fourth-order valence-electron chi connectivity index (χ4n) is 3.74. The van der Waals surface area contributed by atoms with Crippen molar-refractivity contribution in [1.82, 2.24) is 19.6 Å². The average Bonchev–Trinajstić information content (AvgIpc) is 3.24. The van der Waals surface area contributed by atoms with Crippen molar-refractivity contribution >= 4 is 15.7 Å². The van der Waals surface area contributed by atoms with Gasteiger partial charge in [-0.05, 0) is 36.1 Å². The van der Waals surface area contributed by atoms with Crippen LogP contribution in [0.1, 0.15) is 41.6 Å². The van der Waals surface area contributed by atoms with Gasteiger partial charge >= 0.3 is 0 Å². The molecule has 0 radical (unpaired) electrons. The SMILES string of the molecule is CCCc1nc(C)n2nc(S(N)(=O)=O)nc2c1Cc1ccc(-c2ccccc2C#N)cc1. The zero-order chi connectivity index (χ0) is 22.9. The highest BCUT2D eigenvalue weighted by Crippen LogP contribution is 2.26. The van der Waals surface area contributed by atoms with Crippen LogP contribution >= 0.6 is 0 Å². The third kappa shape index (κ3) is 4.10. The molecule has 2 heterocycles. The third-order valence-electron chi connectivity index (χ3n) is 5.24. The van der Waals surface area contributed by atoms with Crippen LogP contribution in [0.15, 0.2) is 53.7 Å². The second-order valence-corrected chi connectivity index (χ2v) is 9.00. The Morgan fingerprint density at radius 2 is 1.81 bits per heavy atom. The maximum atomic E-state index is 11.8. The van der Waals surface area contributed by atoms with E-state index in [4.69, 9.17) is 5.14 Å². The molecular weight excluding hydrogens is 424 g/mol. The molecule has 0 saturated heterocycles. The number of fused-ring (bicyclic) bond motifs is 1. The molecule has 9 heteroatoms. The predicted octanol–water partition coefficient (Wildman–Crippen LogP) is 3.16. The van der Waals surface area contributed by atoms with Gasteiger partial charge in [0, 0.05) is 17.7 Å². The summed E-state index contributed by atoms with van der Waals surface area (Å²) in [5, 5.41) is 18.3. The van der Waals surface area contributed by atoms with E-state index < -0.39 is 15.2 Å². The number of nitrogens with zero attached hydrogens (tertiary/aromatic N) is 5. The molecule has 0 fully saturated rings. The minimum atomic E-state index is -4.04. The maximum absolute atomic E-state index is 11.8. The number of nitriles is 1. The van der Waals surface area contributed by atoms with Gasteiger partial charge in [0.15, 0.2) is 5.65 Å². The quantitative estimate of drug-likeness (QED) is 0.485. The normalized spacial score (nSPS) is 11.6. The molecule has 4 rings (SSSR count). The summed E-state index contributed by atoms with van der Waals surface area (Å²) in [7, 11) is -4.04. The Morgan fingerprint density at radius 1 is 1.09 bits per heavy atom. The fourth-order valence-corrected chi connectivity index (χ4v) is 4.15. The third-order valence-corrected chi connectivity index (χ3v) is 5.93. The molecule has 2 aromatic heterocycles. The zero-order valence-electron chi connectivity index (χ0n) is 17.8. The van der Waals surface area contributed by atoms with Gasteiger partial charge in [-0.2, -0.15) is 14.8 Å². The Bertz CT molecular complexity index is 1450. The first-order valence-corrected chi connectivity index (χ1v) is 11.7. The smallest absolute Gasteiger partial charge is 0.238 e. The summed E-state index contributed by atoms with van der Waals surface area (Å²) in [5.41, 5.74) is 5.59. The number of hydrogen-bond acceptors (Lipinski definition) is 6. The number of aryl methyl sites for hydroxylation is 2. The van der Waals surface area contributed by atoms with E-state index in [9.17, 15) is 13.7 Å². The highest BCUT2D eigenvalue weighted by Gasteiger charge is 2.21. The summed E-state index contributed by atoms with van der Waals surface area (Å²) in [5.74, 6) is 0.554. The van der Waals surface area contributed by atoms with Crippen LogP contribution in [0, 0.1) is 18.3 Å². The minimum absolute atomic E-state index is 0.416. The fraction of sp³-hybridized carbons (Fsp3) is 0.217. The first kappa shape index (κ1) is 21.6. The van der Waals surface area contributed by atoms with Gasteiger partial charge in [0.05, 0.1) is 11.6 Å². The molecule has 0 spiro atoms. The first-order chi connectivity index (χ1) is 15.3. The van der Waals surface area contributed by atoms with E-state index in [1.54, 1.807) is 13.0 Å². The van der Waals surface area contributed by atoms with Gasteiger partial charge < -0.3 is 0 Å². The van der Waals surface area contributed by atoms with E-state index in [0.717, 1.165) is 40.8 Å². The Morgan fingerprint density at radius 3 is 2.47 bits per heavy atom. The largest absolute Gasteiger partial charge is 0.282 e. The summed E-state index contributed by atoms with van der Waals surface area (Å²) in [6.45, 7) is 3.82. The number of nitrogens with two attached hydrogens (primary N) is 1. The van der Waals surface area contributed by atoms with Gasteiger partial charge in [0.2, 0.25) is 0 Å². The summed E-state index contributed by atoms with van der Waals surface area (Å²) < 4.78 is 25.1. The summed E-state index contributed by atoms with van der Waals surface area (Å²) >= 11 is 0. The highest BCUT2D eigenvalue weighted by molar-refractivity contribution is 7.89. The number of primary sulfonamides is 1. The van der Waals surface area contributed by atoms with Crippen LogP contribution < -0.4 is 5.14 Å².